The van der Waals surface area contributed by atoms with Gasteiger partial charge < -0.3 is 10.2 Å². The average molecular weight is 361 g/mol. The number of amides is 1. The fourth-order valence-corrected chi connectivity index (χ4v) is 4.29. The topological polar surface area (TPSA) is 79.6 Å². The number of Topliss-reactive ketones (excluding diaryl/α,β-unsaturated/α-hetero) is 1. The minimum atomic E-state index is -0.109. The van der Waals surface area contributed by atoms with E-state index in [1.807, 2.05) is 26.2 Å². The number of aliphatic imine (C=N–C) groups is 1. The van der Waals surface area contributed by atoms with Gasteiger partial charge in [-0.05, 0) is 27.7 Å². The molecule has 0 radical (unpaired) electrons. The summed E-state index contributed by atoms with van der Waals surface area (Å²) in [6, 6.07) is -0.109. The van der Waals surface area contributed by atoms with E-state index in [2.05, 4.69) is 20.3 Å². The van der Waals surface area contributed by atoms with E-state index in [0.717, 1.165) is 29.6 Å². The number of ketones is 1. The van der Waals surface area contributed by atoms with Crippen LogP contribution in [0.15, 0.2) is 16.1 Å². The van der Waals surface area contributed by atoms with E-state index in [9.17, 15) is 9.59 Å². The minimum Gasteiger partial charge on any atom is -0.350 e. The Bertz CT molecular complexity index is 780. The lowest BCUT2D eigenvalue weighted by atomic mass is 10.1. The van der Waals surface area contributed by atoms with Gasteiger partial charge in [-0.1, -0.05) is 11.8 Å². The number of amidine groups is 1. The molecule has 3 rings (SSSR count). The van der Waals surface area contributed by atoms with Gasteiger partial charge in [0.05, 0.1) is 30.4 Å². The number of fused-ring (bicyclic) bond motifs is 1. The summed E-state index contributed by atoms with van der Waals surface area (Å²) in [6.07, 6.45) is 0.320. The van der Waals surface area contributed by atoms with Crippen molar-refractivity contribution in [2.75, 3.05) is 19.6 Å². The van der Waals surface area contributed by atoms with E-state index in [0.29, 0.717) is 24.2 Å². The second-order valence-corrected chi connectivity index (χ2v) is 7.26. The standard InChI is InChI=1S/C17H23N5O2S/c1-10(22-12(3)16(13(4)23)11(2)20-22)7-15(24)19-8-14-9-25-17-18-5-6-21(14)17/h9-10H,5-8H2,1-4H3,(H,19,24)/t10-/m0/s1. The van der Waals surface area contributed by atoms with Crippen molar-refractivity contribution in [2.45, 2.75) is 40.2 Å². The molecule has 0 aliphatic carbocycles. The van der Waals surface area contributed by atoms with Crippen molar-refractivity contribution in [2.24, 2.45) is 4.99 Å². The van der Waals surface area contributed by atoms with Crippen LogP contribution >= 0.6 is 11.8 Å². The number of nitrogens with zero attached hydrogens (tertiary/aromatic N) is 4. The van der Waals surface area contributed by atoms with Crippen LogP contribution in [0.2, 0.25) is 0 Å². The molecule has 0 saturated carbocycles. The molecule has 8 heteroatoms. The molecule has 0 bridgehead atoms. The third-order valence-electron chi connectivity index (χ3n) is 4.49. The Morgan fingerprint density at radius 3 is 2.84 bits per heavy atom. The summed E-state index contributed by atoms with van der Waals surface area (Å²) in [5.74, 6) is -0.0217. The first-order valence-electron chi connectivity index (χ1n) is 8.39. The molecule has 1 aromatic heterocycles. The summed E-state index contributed by atoms with van der Waals surface area (Å²) in [4.78, 5) is 30.6. The molecule has 2 aliphatic rings. The van der Waals surface area contributed by atoms with E-state index < -0.39 is 0 Å². The Balaban J connectivity index is 1.57. The molecule has 0 fully saturated rings. The molecule has 1 amide bonds. The molecule has 1 atom stereocenters. The molecule has 1 N–H and O–H groups in total. The first-order valence-corrected chi connectivity index (χ1v) is 9.27. The molecule has 1 aromatic rings. The van der Waals surface area contributed by atoms with Gasteiger partial charge in [-0.2, -0.15) is 5.10 Å². The van der Waals surface area contributed by atoms with Crippen molar-refractivity contribution in [3.8, 4) is 0 Å². The van der Waals surface area contributed by atoms with Gasteiger partial charge in [-0.3, -0.25) is 19.3 Å². The van der Waals surface area contributed by atoms with Crippen LogP contribution < -0.4 is 5.32 Å². The van der Waals surface area contributed by atoms with E-state index in [-0.39, 0.29) is 17.7 Å². The maximum Gasteiger partial charge on any atom is 0.222 e. The van der Waals surface area contributed by atoms with Gasteiger partial charge >= 0.3 is 0 Å². The maximum atomic E-state index is 12.3. The number of hydrogen-bond donors (Lipinski definition) is 1. The molecule has 0 saturated heterocycles. The summed E-state index contributed by atoms with van der Waals surface area (Å²) >= 11 is 1.61. The highest BCUT2D eigenvalue weighted by Crippen LogP contribution is 2.28. The highest BCUT2D eigenvalue weighted by Gasteiger charge is 2.26. The molecule has 0 aromatic carbocycles. The van der Waals surface area contributed by atoms with Crippen LogP contribution in [0.25, 0.3) is 0 Å². The van der Waals surface area contributed by atoms with E-state index in [4.69, 9.17) is 0 Å². The molecular formula is C17H23N5O2S. The van der Waals surface area contributed by atoms with Gasteiger partial charge in [-0.15, -0.1) is 0 Å². The second-order valence-electron chi connectivity index (χ2n) is 6.42. The van der Waals surface area contributed by atoms with Crippen molar-refractivity contribution in [3.63, 3.8) is 0 Å². The quantitative estimate of drug-likeness (QED) is 0.784. The van der Waals surface area contributed by atoms with E-state index >= 15 is 0 Å². The van der Waals surface area contributed by atoms with Gasteiger partial charge in [0, 0.05) is 29.8 Å². The predicted octanol–water partition coefficient (Wildman–Crippen LogP) is 2.03. The molecule has 134 valence electrons. The third-order valence-corrected chi connectivity index (χ3v) is 5.44. The van der Waals surface area contributed by atoms with Crippen molar-refractivity contribution in [1.82, 2.24) is 20.0 Å². The summed E-state index contributed by atoms with van der Waals surface area (Å²) in [6.45, 7) is 9.40. The molecule has 7 nitrogen and oxygen atoms in total. The van der Waals surface area contributed by atoms with Crippen molar-refractivity contribution >= 4 is 28.6 Å². The fraction of sp³-hybridized carbons (Fsp3) is 0.529. The normalized spacial score (nSPS) is 17.2. The van der Waals surface area contributed by atoms with Crippen LogP contribution in [-0.2, 0) is 4.79 Å². The first kappa shape index (κ1) is 17.7. The van der Waals surface area contributed by atoms with Crippen molar-refractivity contribution in [3.05, 3.63) is 28.1 Å². The predicted molar refractivity (Wildman–Crippen MR) is 98.7 cm³/mol. The molecule has 0 spiro atoms. The van der Waals surface area contributed by atoms with Crippen LogP contribution in [0.4, 0.5) is 0 Å². The summed E-state index contributed by atoms with van der Waals surface area (Å²) in [5.41, 5.74) is 3.28. The third kappa shape index (κ3) is 3.49. The number of carbonyl (C=O) groups excluding carboxylic acids is 2. The van der Waals surface area contributed by atoms with Crippen molar-refractivity contribution < 1.29 is 9.59 Å². The zero-order valence-electron chi connectivity index (χ0n) is 15.0. The Hall–Kier alpha value is -2.09. The lowest BCUT2D eigenvalue weighted by Crippen LogP contribution is -2.33. The smallest absolute Gasteiger partial charge is 0.222 e. The monoisotopic (exact) mass is 361 g/mol. The van der Waals surface area contributed by atoms with Crippen LogP contribution in [-0.4, -0.2) is 51.2 Å². The fourth-order valence-electron chi connectivity index (χ4n) is 3.33. The first-order chi connectivity index (χ1) is 11.9. The van der Waals surface area contributed by atoms with Crippen LogP contribution in [0, 0.1) is 13.8 Å². The molecule has 25 heavy (non-hydrogen) atoms. The zero-order chi connectivity index (χ0) is 18.1. The largest absolute Gasteiger partial charge is 0.350 e. The van der Waals surface area contributed by atoms with E-state index in [1.54, 1.807) is 23.4 Å². The Kier molecular flexibility index (Phi) is 4.99. The molecule has 3 heterocycles. The van der Waals surface area contributed by atoms with Gasteiger partial charge in [0.2, 0.25) is 5.91 Å². The van der Waals surface area contributed by atoms with Gasteiger partial charge in [0.1, 0.15) is 0 Å². The second kappa shape index (κ2) is 7.03. The number of thioether (sulfide) groups is 1. The highest BCUT2D eigenvalue weighted by molar-refractivity contribution is 8.16. The van der Waals surface area contributed by atoms with Gasteiger partial charge in [-0.25, -0.2) is 0 Å². The van der Waals surface area contributed by atoms with Crippen LogP contribution in [0.1, 0.15) is 48.1 Å². The average Bonchev–Trinajstić information content (AvgIpc) is 3.20. The van der Waals surface area contributed by atoms with E-state index in [1.165, 1.54) is 0 Å². The Morgan fingerprint density at radius 1 is 1.40 bits per heavy atom. The van der Waals surface area contributed by atoms with Gasteiger partial charge in [0.25, 0.3) is 0 Å². The van der Waals surface area contributed by atoms with Crippen molar-refractivity contribution in [1.29, 1.82) is 0 Å². The summed E-state index contributed by atoms with van der Waals surface area (Å²) < 4.78 is 1.78. The lowest BCUT2D eigenvalue weighted by molar-refractivity contribution is -0.121. The Labute approximate surface area is 151 Å². The number of rotatable bonds is 6. The van der Waals surface area contributed by atoms with Crippen LogP contribution in [0.5, 0.6) is 0 Å². The minimum absolute atomic E-state index is 0.00616. The number of carbonyl (C=O) groups is 2. The summed E-state index contributed by atoms with van der Waals surface area (Å²) in [7, 11) is 0. The van der Waals surface area contributed by atoms with Crippen LogP contribution in [0.3, 0.4) is 0 Å². The number of aryl methyl sites for hydroxylation is 1. The summed E-state index contributed by atoms with van der Waals surface area (Å²) in [5, 5.41) is 10.5. The SMILES string of the molecule is CC(=O)c1c(C)nn([C@@H](C)CC(=O)NCC2=CSC3=NCCN23)c1C. The Morgan fingerprint density at radius 2 is 2.16 bits per heavy atom. The maximum absolute atomic E-state index is 12.3. The van der Waals surface area contributed by atoms with Gasteiger partial charge in [0.15, 0.2) is 11.0 Å². The number of nitrogens with one attached hydrogen (secondary N) is 1. The molecule has 0 unspecified atom stereocenters. The number of hydrogen-bond acceptors (Lipinski definition) is 6. The molecule has 2 aliphatic heterocycles. The number of aromatic nitrogens is 2. The highest BCUT2D eigenvalue weighted by atomic mass is 32.2. The molecular weight excluding hydrogens is 338 g/mol. The lowest BCUT2D eigenvalue weighted by Gasteiger charge is -2.18. The zero-order valence-corrected chi connectivity index (χ0v) is 15.8.